The molecule has 0 heterocycles. The van der Waals surface area contributed by atoms with Crippen LogP contribution in [0.5, 0.6) is 0 Å². The van der Waals surface area contributed by atoms with E-state index in [-0.39, 0.29) is 17.8 Å². The van der Waals surface area contributed by atoms with Crippen LogP contribution in [-0.4, -0.2) is 29.3 Å². The summed E-state index contributed by atoms with van der Waals surface area (Å²) in [5, 5.41) is 0. The van der Waals surface area contributed by atoms with Crippen molar-refractivity contribution in [1.29, 1.82) is 0 Å². The van der Waals surface area contributed by atoms with Gasteiger partial charge in [-0.05, 0) is 38.1 Å². The van der Waals surface area contributed by atoms with Crippen molar-refractivity contribution in [2.24, 2.45) is 0 Å². The number of nitrogens with zero attached hydrogens (tertiary/aromatic N) is 1. The third-order valence-electron chi connectivity index (χ3n) is 4.12. The van der Waals surface area contributed by atoms with Crippen LogP contribution in [0.4, 0.5) is 8.78 Å². The van der Waals surface area contributed by atoms with Gasteiger partial charge < -0.3 is 0 Å². The fourth-order valence-corrected chi connectivity index (χ4v) is 2.55. The minimum absolute atomic E-state index is 0.00699. The summed E-state index contributed by atoms with van der Waals surface area (Å²) in [5.41, 5.74) is -0.354. The van der Waals surface area contributed by atoms with Crippen LogP contribution in [-0.2, 0) is 11.2 Å². The summed E-state index contributed by atoms with van der Waals surface area (Å²) in [4.78, 5) is 14.6. The Kier molecular flexibility index (Phi) is 5.81. The van der Waals surface area contributed by atoms with Gasteiger partial charge in [0.2, 0.25) is 0 Å². The first-order chi connectivity index (χ1) is 9.38. The summed E-state index contributed by atoms with van der Waals surface area (Å²) in [6, 6.07) is 3.36. The maximum atomic E-state index is 13.7. The molecule has 0 spiro atoms. The molecule has 0 saturated carbocycles. The van der Waals surface area contributed by atoms with Gasteiger partial charge in [0.05, 0.1) is 5.54 Å². The molecular formula is C16H23F2NO. The zero-order valence-corrected chi connectivity index (χ0v) is 12.7. The van der Waals surface area contributed by atoms with Gasteiger partial charge >= 0.3 is 0 Å². The molecule has 0 aliphatic carbocycles. The number of rotatable bonds is 7. The molecule has 2 nitrogen and oxygen atoms in total. The van der Waals surface area contributed by atoms with E-state index < -0.39 is 17.2 Å². The number of benzene rings is 1. The lowest BCUT2D eigenvalue weighted by molar-refractivity contribution is -0.129. The summed E-state index contributed by atoms with van der Waals surface area (Å²) in [6.45, 7) is 9.38. The molecule has 1 rings (SSSR count). The average molecular weight is 283 g/mol. The topological polar surface area (TPSA) is 20.3 Å². The number of Topliss-reactive ketones (excluding diaryl/α,β-unsaturated/α-hetero) is 1. The molecule has 0 bridgehead atoms. The predicted octanol–water partition coefficient (Wildman–Crippen LogP) is 3.59. The number of carbonyl (C=O) groups excluding carboxylic acids is 1. The minimum atomic E-state index is -0.656. The second-order valence-corrected chi connectivity index (χ2v) is 5.14. The minimum Gasteiger partial charge on any atom is -0.297 e. The van der Waals surface area contributed by atoms with Gasteiger partial charge in [0.25, 0.3) is 0 Å². The number of hydrogen-bond donors (Lipinski definition) is 0. The molecule has 0 amide bonds. The number of hydrogen-bond acceptors (Lipinski definition) is 2. The Balaban J connectivity index is 2.97. The number of likely N-dealkylation sites (N-methyl/N-ethyl adjacent to an activating group) is 1. The summed E-state index contributed by atoms with van der Waals surface area (Å²) in [6.07, 6.45) is 0.656. The lowest BCUT2D eigenvalue weighted by Gasteiger charge is -2.38. The van der Waals surface area contributed by atoms with Gasteiger partial charge in [0.1, 0.15) is 11.6 Å². The molecule has 0 fully saturated rings. The largest absolute Gasteiger partial charge is 0.297 e. The highest BCUT2D eigenvalue weighted by Crippen LogP contribution is 2.23. The van der Waals surface area contributed by atoms with Gasteiger partial charge in [-0.3, -0.25) is 9.69 Å². The van der Waals surface area contributed by atoms with E-state index in [0.717, 1.165) is 19.2 Å². The van der Waals surface area contributed by atoms with E-state index in [2.05, 4.69) is 4.90 Å². The van der Waals surface area contributed by atoms with E-state index in [1.54, 1.807) is 0 Å². The summed E-state index contributed by atoms with van der Waals surface area (Å²) in [5.74, 6) is -1.31. The molecule has 4 heteroatoms. The monoisotopic (exact) mass is 283 g/mol. The van der Waals surface area contributed by atoms with E-state index in [9.17, 15) is 13.6 Å². The molecular weight excluding hydrogens is 260 g/mol. The van der Waals surface area contributed by atoms with Crippen molar-refractivity contribution in [1.82, 2.24) is 4.90 Å². The Morgan fingerprint density at radius 2 is 1.80 bits per heavy atom. The van der Waals surface area contributed by atoms with Crippen LogP contribution in [0.2, 0.25) is 0 Å². The lowest BCUT2D eigenvalue weighted by Crippen LogP contribution is -2.52. The number of ketones is 1. The van der Waals surface area contributed by atoms with Crippen LogP contribution in [0.25, 0.3) is 0 Å². The molecule has 1 aromatic rings. The van der Waals surface area contributed by atoms with Crippen molar-refractivity contribution >= 4 is 5.78 Å². The zero-order chi connectivity index (χ0) is 15.3. The third-order valence-corrected chi connectivity index (χ3v) is 4.12. The molecule has 1 aromatic carbocycles. The molecule has 0 aromatic heterocycles. The molecule has 0 aliphatic rings. The van der Waals surface area contributed by atoms with Crippen LogP contribution in [0, 0.1) is 11.6 Å². The molecule has 0 N–H and O–H groups in total. The maximum absolute atomic E-state index is 13.7. The predicted molar refractivity (Wildman–Crippen MR) is 76.7 cm³/mol. The first kappa shape index (κ1) is 16.8. The van der Waals surface area contributed by atoms with E-state index in [4.69, 9.17) is 0 Å². The standard InChI is InChI=1S/C16H23F2NO/c1-5-16(4,19(6-2)7-3)15(20)10-12-8-9-13(17)11-14(12)18/h8-9,11H,5-7,10H2,1-4H3. The van der Waals surface area contributed by atoms with Crippen molar-refractivity contribution in [3.8, 4) is 0 Å². The second-order valence-electron chi connectivity index (χ2n) is 5.14. The lowest BCUT2D eigenvalue weighted by atomic mass is 9.87. The van der Waals surface area contributed by atoms with E-state index in [1.165, 1.54) is 12.1 Å². The molecule has 1 atom stereocenters. The summed E-state index contributed by atoms with van der Waals surface area (Å²) >= 11 is 0. The molecule has 1 unspecified atom stereocenters. The summed E-state index contributed by atoms with van der Waals surface area (Å²) in [7, 11) is 0. The van der Waals surface area contributed by atoms with Crippen LogP contribution in [0.1, 0.15) is 39.7 Å². The summed E-state index contributed by atoms with van der Waals surface area (Å²) < 4.78 is 26.6. The van der Waals surface area contributed by atoms with E-state index in [1.807, 2.05) is 27.7 Å². The molecule has 112 valence electrons. The molecule has 0 radical (unpaired) electrons. The van der Waals surface area contributed by atoms with Crippen molar-refractivity contribution in [3.05, 3.63) is 35.4 Å². The van der Waals surface area contributed by atoms with Crippen LogP contribution >= 0.6 is 0 Å². The van der Waals surface area contributed by atoms with Gasteiger partial charge in [-0.1, -0.05) is 26.8 Å². The highest BCUT2D eigenvalue weighted by Gasteiger charge is 2.35. The first-order valence-corrected chi connectivity index (χ1v) is 7.11. The van der Waals surface area contributed by atoms with Gasteiger partial charge in [-0.2, -0.15) is 0 Å². The average Bonchev–Trinajstić information content (AvgIpc) is 2.42. The highest BCUT2D eigenvalue weighted by molar-refractivity contribution is 5.89. The van der Waals surface area contributed by atoms with Gasteiger partial charge in [0, 0.05) is 12.5 Å². The van der Waals surface area contributed by atoms with Gasteiger partial charge in [-0.15, -0.1) is 0 Å². The molecule has 0 saturated heterocycles. The van der Waals surface area contributed by atoms with Crippen LogP contribution in [0.3, 0.4) is 0 Å². The van der Waals surface area contributed by atoms with Crippen molar-refractivity contribution in [3.63, 3.8) is 0 Å². The Morgan fingerprint density at radius 3 is 2.25 bits per heavy atom. The Hall–Kier alpha value is -1.29. The zero-order valence-electron chi connectivity index (χ0n) is 12.7. The van der Waals surface area contributed by atoms with Crippen molar-refractivity contribution < 1.29 is 13.6 Å². The second kappa shape index (κ2) is 6.93. The smallest absolute Gasteiger partial charge is 0.157 e. The Bertz CT molecular complexity index is 472. The molecule has 20 heavy (non-hydrogen) atoms. The van der Waals surface area contributed by atoms with Crippen LogP contribution < -0.4 is 0 Å². The van der Waals surface area contributed by atoms with Gasteiger partial charge in [-0.25, -0.2) is 8.78 Å². The molecule has 0 aliphatic heterocycles. The quantitative estimate of drug-likeness (QED) is 0.762. The first-order valence-electron chi connectivity index (χ1n) is 7.11. The fourth-order valence-electron chi connectivity index (χ4n) is 2.55. The number of halogens is 2. The fraction of sp³-hybridized carbons (Fsp3) is 0.562. The third kappa shape index (κ3) is 3.42. The van der Waals surface area contributed by atoms with Crippen molar-refractivity contribution in [2.75, 3.05) is 13.1 Å². The maximum Gasteiger partial charge on any atom is 0.157 e. The van der Waals surface area contributed by atoms with E-state index >= 15 is 0 Å². The Labute approximate surface area is 119 Å². The van der Waals surface area contributed by atoms with Crippen molar-refractivity contribution in [2.45, 2.75) is 46.1 Å². The van der Waals surface area contributed by atoms with Crippen LogP contribution in [0.15, 0.2) is 18.2 Å². The highest BCUT2D eigenvalue weighted by atomic mass is 19.1. The Morgan fingerprint density at radius 1 is 1.20 bits per heavy atom. The normalized spacial score (nSPS) is 14.3. The SMILES string of the molecule is CCN(CC)C(C)(CC)C(=O)Cc1ccc(F)cc1F. The van der Waals surface area contributed by atoms with E-state index in [0.29, 0.717) is 6.42 Å². The van der Waals surface area contributed by atoms with Gasteiger partial charge in [0.15, 0.2) is 5.78 Å². The number of carbonyl (C=O) groups is 1.